The first kappa shape index (κ1) is 22.7. The van der Waals surface area contributed by atoms with E-state index in [2.05, 4.69) is 88.1 Å². The quantitative estimate of drug-likeness (QED) is 0.128. The fourth-order valence-corrected chi connectivity index (χ4v) is 4.99. The van der Waals surface area contributed by atoms with Gasteiger partial charge in [0.05, 0.1) is 34.0 Å². The molecule has 3 N–H and O–H groups in total. The van der Waals surface area contributed by atoms with Crippen molar-refractivity contribution in [1.82, 2.24) is 35.2 Å². The normalized spacial score (nSPS) is 11.3. The highest BCUT2D eigenvalue weighted by Crippen LogP contribution is 2.26. The van der Waals surface area contributed by atoms with Crippen molar-refractivity contribution < 1.29 is 0 Å². The van der Waals surface area contributed by atoms with Crippen LogP contribution in [0, 0.1) is 3.57 Å². The number of fused-ring (bicyclic) bond motifs is 2. The van der Waals surface area contributed by atoms with Gasteiger partial charge in [-0.1, -0.05) is 11.3 Å². The van der Waals surface area contributed by atoms with Crippen molar-refractivity contribution in [3.05, 3.63) is 63.0 Å². The summed E-state index contributed by atoms with van der Waals surface area (Å²) < 4.78 is 1.20. The zero-order valence-electron chi connectivity index (χ0n) is 18.3. The van der Waals surface area contributed by atoms with E-state index in [9.17, 15) is 0 Å². The van der Waals surface area contributed by atoms with E-state index in [1.165, 1.54) is 3.57 Å². The molecule has 9 nitrogen and oxygen atoms in total. The molecule has 5 aromatic rings. The van der Waals surface area contributed by atoms with Crippen molar-refractivity contribution in [1.29, 1.82) is 0 Å². The largest absolute Gasteiger partial charge is 0.362 e. The molecule has 0 aliphatic heterocycles. The van der Waals surface area contributed by atoms with Crippen molar-refractivity contribution in [3.63, 3.8) is 0 Å². The summed E-state index contributed by atoms with van der Waals surface area (Å²) in [5.41, 5.74) is 4.44. The number of thiazole rings is 1. The molecule has 0 saturated carbocycles. The SMILES string of the molecule is C=Nc1cccnc1CNc1ncnc2sc(CCNCCc3nc4ccc(I)cc4[nH]3)nc12. The third-order valence-electron chi connectivity index (χ3n) is 5.25. The summed E-state index contributed by atoms with van der Waals surface area (Å²) in [7, 11) is 0. The number of aliphatic imine (C=N–C) groups is 1. The van der Waals surface area contributed by atoms with Gasteiger partial charge in [-0.2, -0.15) is 0 Å². The second-order valence-electron chi connectivity index (χ2n) is 7.56. The van der Waals surface area contributed by atoms with Gasteiger partial charge in [-0.15, -0.1) is 0 Å². The van der Waals surface area contributed by atoms with Gasteiger partial charge in [-0.25, -0.2) is 19.9 Å². The van der Waals surface area contributed by atoms with E-state index in [0.29, 0.717) is 12.4 Å². The number of nitrogens with zero attached hydrogens (tertiary/aromatic N) is 6. The number of pyridine rings is 1. The predicted molar refractivity (Wildman–Crippen MR) is 145 cm³/mol. The van der Waals surface area contributed by atoms with E-state index in [4.69, 9.17) is 4.98 Å². The average molecular weight is 583 g/mol. The molecule has 0 unspecified atom stereocenters. The lowest BCUT2D eigenvalue weighted by Crippen LogP contribution is -2.20. The number of hydrogen-bond donors (Lipinski definition) is 3. The minimum absolute atomic E-state index is 0.483. The highest BCUT2D eigenvalue weighted by atomic mass is 127. The summed E-state index contributed by atoms with van der Waals surface area (Å²) in [6, 6.07) is 9.97. The second-order valence-corrected chi connectivity index (χ2v) is 9.87. The summed E-state index contributed by atoms with van der Waals surface area (Å²) >= 11 is 3.91. The standard InChI is InChI=1S/C23H22IN9S/c1-25-15-3-2-8-27-18(15)12-28-22-21-23(30-13-29-22)34-20(33-21)7-10-26-9-6-19-31-16-5-4-14(24)11-17(16)32-19/h2-5,8,11,13,26H,1,6-7,9-10,12H2,(H,31,32)(H,28,29,30). The monoisotopic (exact) mass is 583 g/mol. The number of aromatic amines is 1. The van der Waals surface area contributed by atoms with E-state index in [1.807, 2.05) is 12.1 Å². The molecule has 0 bridgehead atoms. The minimum Gasteiger partial charge on any atom is -0.362 e. The molecule has 0 saturated heterocycles. The van der Waals surface area contributed by atoms with Crippen LogP contribution in [0.15, 0.2) is 47.8 Å². The fourth-order valence-electron chi connectivity index (χ4n) is 3.59. The van der Waals surface area contributed by atoms with Gasteiger partial charge in [0.1, 0.15) is 22.5 Å². The first-order chi connectivity index (χ1) is 16.7. The van der Waals surface area contributed by atoms with Crippen LogP contribution >= 0.6 is 33.9 Å². The Balaban J connectivity index is 1.15. The Bertz CT molecular complexity index is 1450. The first-order valence-corrected chi connectivity index (χ1v) is 12.7. The topological polar surface area (TPSA) is 117 Å². The van der Waals surface area contributed by atoms with E-state index in [1.54, 1.807) is 23.9 Å². The number of halogens is 1. The van der Waals surface area contributed by atoms with Gasteiger partial charge in [0.25, 0.3) is 0 Å². The van der Waals surface area contributed by atoms with E-state index < -0.39 is 0 Å². The van der Waals surface area contributed by atoms with Crippen molar-refractivity contribution in [2.75, 3.05) is 18.4 Å². The van der Waals surface area contributed by atoms with Crippen molar-refractivity contribution >= 4 is 73.5 Å². The Hall–Kier alpha value is -3.03. The van der Waals surface area contributed by atoms with Crippen LogP contribution in [0.5, 0.6) is 0 Å². The van der Waals surface area contributed by atoms with Crippen molar-refractivity contribution in [3.8, 4) is 0 Å². The number of hydrogen-bond acceptors (Lipinski definition) is 9. The van der Waals surface area contributed by atoms with Gasteiger partial charge in [-0.05, 0) is 59.6 Å². The van der Waals surface area contributed by atoms with Gasteiger partial charge in [0.15, 0.2) is 5.82 Å². The van der Waals surface area contributed by atoms with Gasteiger partial charge in [0.2, 0.25) is 0 Å². The lowest BCUT2D eigenvalue weighted by atomic mass is 10.3. The predicted octanol–water partition coefficient (Wildman–Crippen LogP) is 4.28. The number of rotatable bonds is 10. The van der Waals surface area contributed by atoms with Crippen LogP contribution in [-0.4, -0.2) is 49.7 Å². The zero-order valence-corrected chi connectivity index (χ0v) is 21.2. The Kier molecular flexibility index (Phi) is 7.02. The van der Waals surface area contributed by atoms with E-state index in [-0.39, 0.29) is 0 Å². The fraction of sp³-hybridized carbons (Fsp3) is 0.217. The minimum atomic E-state index is 0.483. The lowest BCUT2D eigenvalue weighted by molar-refractivity contribution is 0.670. The number of anilines is 1. The maximum Gasteiger partial charge on any atom is 0.157 e. The molecule has 0 fully saturated rings. The third kappa shape index (κ3) is 5.21. The van der Waals surface area contributed by atoms with Crippen LogP contribution in [0.2, 0.25) is 0 Å². The molecule has 34 heavy (non-hydrogen) atoms. The zero-order chi connectivity index (χ0) is 23.3. The van der Waals surface area contributed by atoms with Gasteiger partial charge in [0, 0.05) is 35.7 Å². The third-order valence-corrected chi connectivity index (χ3v) is 6.94. The molecule has 0 atom stereocenters. The molecule has 0 amide bonds. The van der Waals surface area contributed by atoms with Crippen LogP contribution in [0.4, 0.5) is 11.5 Å². The molecule has 172 valence electrons. The number of nitrogens with one attached hydrogen (secondary N) is 3. The van der Waals surface area contributed by atoms with Gasteiger partial charge >= 0.3 is 0 Å². The highest BCUT2D eigenvalue weighted by Gasteiger charge is 2.12. The Labute approximate surface area is 213 Å². The molecule has 0 aliphatic rings. The van der Waals surface area contributed by atoms with Crippen LogP contribution in [0.1, 0.15) is 16.5 Å². The Morgan fingerprint density at radius 2 is 2.00 bits per heavy atom. The van der Waals surface area contributed by atoms with Crippen LogP contribution < -0.4 is 10.6 Å². The molecule has 4 aromatic heterocycles. The summed E-state index contributed by atoms with van der Waals surface area (Å²) in [6.45, 7) is 5.76. The smallest absolute Gasteiger partial charge is 0.157 e. The molecule has 11 heteroatoms. The highest BCUT2D eigenvalue weighted by molar-refractivity contribution is 14.1. The van der Waals surface area contributed by atoms with Crippen LogP contribution in [-0.2, 0) is 19.4 Å². The van der Waals surface area contributed by atoms with Gasteiger partial charge in [-0.3, -0.25) is 9.98 Å². The van der Waals surface area contributed by atoms with Crippen molar-refractivity contribution in [2.24, 2.45) is 4.99 Å². The molecule has 1 aromatic carbocycles. The molecular weight excluding hydrogens is 561 g/mol. The van der Waals surface area contributed by atoms with E-state index >= 15 is 0 Å². The summed E-state index contributed by atoms with van der Waals surface area (Å²) in [6.07, 6.45) is 4.97. The summed E-state index contributed by atoms with van der Waals surface area (Å²) in [4.78, 5) is 30.9. The lowest BCUT2D eigenvalue weighted by Gasteiger charge is -2.07. The Morgan fingerprint density at radius 3 is 2.91 bits per heavy atom. The number of imidazole rings is 1. The number of benzene rings is 1. The van der Waals surface area contributed by atoms with Crippen LogP contribution in [0.3, 0.4) is 0 Å². The average Bonchev–Trinajstić information content (AvgIpc) is 3.46. The van der Waals surface area contributed by atoms with E-state index in [0.717, 1.165) is 69.5 Å². The molecule has 0 spiro atoms. The molecular formula is C23H22IN9S. The maximum absolute atomic E-state index is 4.78. The summed E-state index contributed by atoms with van der Waals surface area (Å²) in [5, 5.41) is 7.83. The number of H-pyrrole nitrogens is 1. The van der Waals surface area contributed by atoms with Gasteiger partial charge < -0.3 is 15.6 Å². The second kappa shape index (κ2) is 10.5. The first-order valence-electron chi connectivity index (χ1n) is 10.8. The number of aromatic nitrogens is 6. The molecule has 5 rings (SSSR count). The Morgan fingerprint density at radius 1 is 1.09 bits per heavy atom. The molecule has 0 radical (unpaired) electrons. The molecule has 4 heterocycles. The molecule has 0 aliphatic carbocycles. The maximum atomic E-state index is 4.78. The summed E-state index contributed by atoms with van der Waals surface area (Å²) in [5.74, 6) is 1.69. The van der Waals surface area contributed by atoms with Crippen LogP contribution in [0.25, 0.3) is 21.4 Å². The van der Waals surface area contributed by atoms with Crippen molar-refractivity contribution in [2.45, 2.75) is 19.4 Å².